The lowest BCUT2D eigenvalue weighted by Crippen LogP contribution is -2.56. The summed E-state index contributed by atoms with van der Waals surface area (Å²) in [5.74, 6) is 0. The molecule has 3 heteroatoms. The lowest BCUT2D eigenvalue weighted by molar-refractivity contribution is -0.409. The quantitative estimate of drug-likeness (QED) is 0.521. The second kappa shape index (κ2) is 6.01. The van der Waals surface area contributed by atoms with Crippen molar-refractivity contribution in [2.75, 3.05) is 19.8 Å². The van der Waals surface area contributed by atoms with Crippen molar-refractivity contribution in [1.29, 1.82) is 0 Å². The Bertz CT molecular complexity index is 53.0. The van der Waals surface area contributed by atoms with Gasteiger partial charge in [-0.25, -0.2) is 0 Å². The molecule has 0 aliphatic rings. The second-order valence-electron chi connectivity index (χ2n) is 1.63. The summed E-state index contributed by atoms with van der Waals surface area (Å²) in [6.45, 7) is 5.96. The maximum atomic E-state index is 5.15. The molecule has 0 saturated heterocycles. The van der Waals surface area contributed by atoms with Crippen molar-refractivity contribution in [1.82, 2.24) is 0 Å². The van der Waals surface area contributed by atoms with E-state index in [-0.39, 0.29) is 6.29 Å². The fourth-order valence-corrected chi connectivity index (χ4v) is 0.587. The number of hydrogen-bond donors (Lipinski definition) is 1. The minimum absolute atomic E-state index is 0.0972. The van der Waals surface area contributed by atoms with E-state index in [4.69, 9.17) is 9.47 Å². The van der Waals surface area contributed by atoms with Crippen molar-refractivity contribution in [3.63, 3.8) is 0 Å². The highest BCUT2D eigenvalue weighted by molar-refractivity contribution is 4.34. The molecule has 56 valence electrons. The van der Waals surface area contributed by atoms with Crippen molar-refractivity contribution in [3.05, 3.63) is 0 Å². The molecule has 0 bridgehead atoms. The minimum atomic E-state index is -0.0972. The van der Waals surface area contributed by atoms with Crippen molar-refractivity contribution >= 4 is 0 Å². The summed E-state index contributed by atoms with van der Waals surface area (Å²) < 4.78 is 10.3. The maximum absolute atomic E-state index is 5.15. The zero-order chi connectivity index (χ0) is 7.11. The summed E-state index contributed by atoms with van der Waals surface area (Å²) in [6, 6.07) is 0. The summed E-state index contributed by atoms with van der Waals surface area (Å²) in [5.41, 5.74) is 3.67. The van der Waals surface area contributed by atoms with Crippen LogP contribution in [0.5, 0.6) is 0 Å². The van der Waals surface area contributed by atoms with Gasteiger partial charge in [-0.3, -0.25) is 0 Å². The Morgan fingerprint density at radius 2 is 1.67 bits per heavy atom. The zero-order valence-corrected chi connectivity index (χ0v) is 6.22. The van der Waals surface area contributed by atoms with Gasteiger partial charge in [0.05, 0.1) is 0 Å². The third kappa shape index (κ3) is 4.39. The van der Waals surface area contributed by atoms with E-state index in [9.17, 15) is 0 Å². The minimum Gasteiger partial charge on any atom is -0.353 e. The van der Waals surface area contributed by atoms with Gasteiger partial charge in [-0.05, 0) is 13.8 Å². The Morgan fingerprint density at radius 1 is 1.22 bits per heavy atom. The van der Waals surface area contributed by atoms with E-state index < -0.39 is 0 Å². The molecule has 0 unspecified atom stereocenters. The molecule has 3 nitrogen and oxygen atoms in total. The van der Waals surface area contributed by atoms with Gasteiger partial charge in [0, 0.05) is 13.2 Å². The first-order valence-electron chi connectivity index (χ1n) is 3.37. The number of hydrogen-bond acceptors (Lipinski definition) is 2. The Morgan fingerprint density at radius 3 is 1.89 bits per heavy atom. The summed E-state index contributed by atoms with van der Waals surface area (Å²) in [6.07, 6.45) is -0.0972. The van der Waals surface area contributed by atoms with Crippen LogP contribution >= 0.6 is 0 Å². The van der Waals surface area contributed by atoms with E-state index in [2.05, 4.69) is 5.73 Å². The number of ether oxygens (including phenoxy) is 2. The first-order valence-corrected chi connectivity index (χ1v) is 3.37. The van der Waals surface area contributed by atoms with Crippen LogP contribution in [0.3, 0.4) is 0 Å². The van der Waals surface area contributed by atoms with Crippen LogP contribution in [-0.2, 0) is 9.47 Å². The monoisotopic (exact) mass is 134 g/mol. The van der Waals surface area contributed by atoms with Gasteiger partial charge in [-0.15, -0.1) is 0 Å². The van der Waals surface area contributed by atoms with Crippen molar-refractivity contribution in [2.24, 2.45) is 0 Å². The van der Waals surface area contributed by atoms with Gasteiger partial charge in [0.15, 0.2) is 0 Å². The van der Waals surface area contributed by atoms with Gasteiger partial charge in [0.25, 0.3) is 0 Å². The normalized spacial score (nSPS) is 10.7. The van der Waals surface area contributed by atoms with Crippen LogP contribution in [0.1, 0.15) is 13.8 Å². The summed E-state index contributed by atoms with van der Waals surface area (Å²) in [5, 5.41) is 0. The Hall–Kier alpha value is -0.120. The van der Waals surface area contributed by atoms with E-state index >= 15 is 0 Å². The lowest BCUT2D eigenvalue weighted by atomic mass is 10.6. The second-order valence-corrected chi connectivity index (χ2v) is 1.63. The fraction of sp³-hybridized carbons (Fsp3) is 1.00. The number of quaternary nitrogens is 1. The van der Waals surface area contributed by atoms with E-state index in [0.29, 0.717) is 19.8 Å². The largest absolute Gasteiger partial charge is 0.353 e. The highest BCUT2D eigenvalue weighted by Crippen LogP contribution is 1.89. The van der Waals surface area contributed by atoms with Crippen LogP contribution in [0, 0.1) is 0 Å². The van der Waals surface area contributed by atoms with Crippen LogP contribution in [0.2, 0.25) is 0 Å². The molecule has 0 radical (unpaired) electrons. The van der Waals surface area contributed by atoms with Crippen molar-refractivity contribution < 1.29 is 15.2 Å². The molecule has 0 aromatic carbocycles. The Labute approximate surface area is 56.1 Å². The molecule has 0 fully saturated rings. The average molecular weight is 134 g/mol. The van der Waals surface area contributed by atoms with Crippen LogP contribution in [-0.4, -0.2) is 26.0 Å². The van der Waals surface area contributed by atoms with Gasteiger partial charge >= 0.3 is 0 Å². The number of rotatable bonds is 5. The molecular formula is C6H16NO2+. The Kier molecular flexibility index (Phi) is 5.93. The van der Waals surface area contributed by atoms with Gasteiger partial charge in [0.2, 0.25) is 6.29 Å². The molecule has 3 N–H and O–H groups in total. The molecule has 0 rings (SSSR count). The predicted molar refractivity (Wildman–Crippen MR) is 34.8 cm³/mol. The molecule has 0 aromatic rings. The van der Waals surface area contributed by atoms with Gasteiger partial charge in [-0.1, -0.05) is 0 Å². The molecule has 9 heavy (non-hydrogen) atoms. The smallest absolute Gasteiger partial charge is 0.207 e. The van der Waals surface area contributed by atoms with Gasteiger partial charge in [-0.2, -0.15) is 0 Å². The molecule has 0 atom stereocenters. The van der Waals surface area contributed by atoms with E-state index in [1.807, 2.05) is 13.8 Å². The molecule has 0 aliphatic heterocycles. The molecule has 0 aromatic heterocycles. The van der Waals surface area contributed by atoms with Gasteiger partial charge < -0.3 is 15.2 Å². The van der Waals surface area contributed by atoms with E-state index in [1.165, 1.54) is 0 Å². The molecule has 0 amide bonds. The summed E-state index contributed by atoms with van der Waals surface area (Å²) in [7, 11) is 0. The highest BCUT2D eigenvalue weighted by atomic mass is 16.7. The van der Waals surface area contributed by atoms with Crippen molar-refractivity contribution in [2.45, 2.75) is 20.1 Å². The SMILES string of the molecule is CCOC(C[NH3+])OCC. The topological polar surface area (TPSA) is 46.1 Å². The lowest BCUT2D eigenvalue weighted by Gasteiger charge is -2.11. The molecule has 0 aliphatic carbocycles. The molecular weight excluding hydrogens is 118 g/mol. The maximum Gasteiger partial charge on any atom is 0.207 e. The Balaban J connectivity index is 3.18. The third-order valence-corrected chi connectivity index (χ3v) is 0.941. The third-order valence-electron chi connectivity index (χ3n) is 0.941. The highest BCUT2D eigenvalue weighted by Gasteiger charge is 2.04. The standard InChI is InChI=1S/C6H15NO2/c1-3-8-6(5-7)9-4-2/h6H,3-5,7H2,1-2H3/p+1. The molecule has 0 heterocycles. The van der Waals surface area contributed by atoms with Crippen LogP contribution in [0.15, 0.2) is 0 Å². The first kappa shape index (κ1) is 8.88. The zero-order valence-electron chi connectivity index (χ0n) is 6.22. The van der Waals surface area contributed by atoms with Crippen molar-refractivity contribution in [3.8, 4) is 0 Å². The predicted octanol–water partition coefficient (Wildman–Crippen LogP) is -0.373. The van der Waals surface area contributed by atoms with Crippen LogP contribution < -0.4 is 5.73 Å². The van der Waals surface area contributed by atoms with Crippen LogP contribution in [0.4, 0.5) is 0 Å². The summed E-state index contributed by atoms with van der Waals surface area (Å²) >= 11 is 0. The van der Waals surface area contributed by atoms with E-state index in [1.54, 1.807) is 0 Å². The summed E-state index contributed by atoms with van der Waals surface area (Å²) in [4.78, 5) is 0. The average Bonchev–Trinajstić information content (AvgIpc) is 1.88. The molecule has 0 saturated carbocycles. The van der Waals surface area contributed by atoms with Gasteiger partial charge in [0.1, 0.15) is 6.54 Å². The first-order chi connectivity index (χ1) is 4.35. The van der Waals surface area contributed by atoms with E-state index in [0.717, 1.165) is 0 Å². The van der Waals surface area contributed by atoms with Crippen LogP contribution in [0.25, 0.3) is 0 Å². The molecule has 0 spiro atoms. The fourth-order valence-electron chi connectivity index (χ4n) is 0.587.